The van der Waals surface area contributed by atoms with Gasteiger partial charge in [0.2, 0.25) is 0 Å². The Morgan fingerprint density at radius 2 is 2.00 bits per heavy atom. The van der Waals surface area contributed by atoms with Crippen molar-refractivity contribution in [1.82, 2.24) is 5.32 Å². The van der Waals surface area contributed by atoms with Gasteiger partial charge in [0.05, 0.1) is 0 Å². The molecule has 3 rings (SSSR count). The van der Waals surface area contributed by atoms with E-state index >= 15 is 0 Å². The Morgan fingerprint density at radius 1 is 1.20 bits per heavy atom. The molecule has 1 spiro atoms. The number of rotatable bonds is 0. The van der Waals surface area contributed by atoms with Gasteiger partial charge in [0.15, 0.2) is 0 Å². The van der Waals surface area contributed by atoms with E-state index in [9.17, 15) is 0 Å². The monoisotopic (exact) mass is 265 g/mol. The minimum Gasteiger partial charge on any atom is -0.312 e. The topological polar surface area (TPSA) is 12.0 Å². The van der Waals surface area contributed by atoms with E-state index in [1.54, 1.807) is 5.56 Å². The van der Waals surface area contributed by atoms with Crippen molar-refractivity contribution in [3.8, 4) is 0 Å². The highest BCUT2D eigenvalue weighted by atomic mass is 79.9. The van der Waals surface area contributed by atoms with E-state index < -0.39 is 0 Å². The molecule has 1 nitrogen and oxygen atoms in total. The van der Waals surface area contributed by atoms with Crippen LogP contribution in [0.25, 0.3) is 0 Å². The Labute approximate surface area is 99.4 Å². The van der Waals surface area contributed by atoms with Gasteiger partial charge in [-0.05, 0) is 36.1 Å². The second-order valence-electron chi connectivity index (χ2n) is 4.89. The van der Waals surface area contributed by atoms with E-state index in [1.165, 1.54) is 42.3 Å². The van der Waals surface area contributed by atoms with Gasteiger partial charge in [-0.1, -0.05) is 34.8 Å². The summed E-state index contributed by atoms with van der Waals surface area (Å²) in [5.41, 5.74) is 3.58. The third kappa shape index (κ3) is 1.55. The lowest BCUT2D eigenvalue weighted by Crippen LogP contribution is -2.41. The molecule has 1 aromatic carbocycles. The Balaban J connectivity index is 2.10. The summed E-state index contributed by atoms with van der Waals surface area (Å²) in [7, 11) is 0. The van der Waals surface area contributed by atoms with Crippen molar-refractivity contribution in [3.05, 3.63) is 33.8 Å². The van der Waals surface area contributed by atoms with E-state index in [0.717, 1.165) is 6.54 Å². The third-order valence-electron chi connectivity index (χ3n) is 3.98. The summed E-state index contributed by atoms with van der Waals surface area (Å²) < 4.78 is 1.21. The first kappa shape index (κ1) is 9.86. The van der Waals surface area contributed by atoms with Gasteiger partial charge in [-0.25, -0.2) is 0 Å². The molecule has 0 aromatic heterocycles. The standard InChI is InChI=1S/C13H16BrN/c14-11-3-4-12-10(7-11)8-15-9-13(12)5-1-2-6-13/h3-4,7,15H,1-2,5-6,8-9H2. The summed E-state index contributed by atoms with van der Waals surface area (Å²) in [5.74, 6) is 0. The van der Waals surface area contributed by atoms with Crippen LogP contribution in [0.3, 0.4) is 0 Å². The minimum absolute atomic E-state index is 0.467. The Bertz CT molecular complexity index is 380. The van der Waals surface area contributed by atoms with Crippen LogP contribution in [-0.2, 0) is 12.0 Å². The number of benzene rings is 1. The maximum absolute atomic E-state index is 3.58. The van der Waals surface area contributed by atoms with Crippen molar-refractivity contribution in [2.45, 2.75) is 37.6 Å². The quantitative estimate of drug-likeness (QED) is 0.759. The molecule has 1 fully saturated rings. The molecule has 2 heteroatoms. The van der Waals surface area contributed by atoms with E-state index in [2.05, 4.69) is 39.4 Å². The fourth-order valence-electron chi connectivity index (χ4n) is 3.26. The van der Waals surface area contributed by atoms with E-state index in [1.807, 2.05) is 0 Å². The molecule has 1 aromatic rings. The zero-order chi connectivity index (χ0) is 10.3. The van der Waals surface area contributed by atoms with Crippen LogP contribution in [0.5, 0.6) is 0 Å². The molecule has 1 aliphatic carbocycles. The first-order valence-corrected chi connectivity index (χ1v) is 6.59. The van der Waals surface area contributed by atoms with Crippen LogP contribution in [0.15, 0.2) is 22.7 Å². The lowest BCUT2D eigenvalue weighted by molar-refractivity contribution is 0.377. The summed E-state index contributed by atoms with van der Waals surface area (Å²) in [6.45, 7) is 2.22. The highest BCUT2D eigenvalue weighted by Crippen LogP contribution is 2.44. The van der Waals surface area contributed by atoms with Crippen molar-refractivity contribution in [3.63, 3.8) is 0 Å². The van der Waals surface area contributed by atoms with Gasteiger partial charge in [-0.3, -0.25) is 0 Å². The molecule has 1 saturated carbocycles. The molecule has 2 aliphatic rings. The Kier molecular flexibility index (Phi) is 2.37. The predicted octanol–water partition coefficient (Wildman–Crippen LogP) is 3.36. The van der Waals surface area contributed by atoms with Gasteiger partial charge in [0.1, 0.15) is 0 Å². The molecule has 0 radical (unpaired) electrons. The largest absolute Gasteiger partial charge is 0.312 e. The molecule has 0 unspecified atom stereocenters. The van der Waals surface area contributed by atoms with Crippen LogP contribution in [0.2, 0.25) is 0 Å². The molecule has 0 amide bonds. The fourth-order valence-corrected chi connectivity index (χ4v) is 3.66. The zero-order valence-corrected chi connectivity index (χ0v) is 10.4. The highest BCUT2D eigenvalue weighted by molar-refractivity contribution is 9.10. The Morgan fingerprint density at radius 3 is 2.80 bits per heavy atom. The van der Waals surface area contributed by atoms with Crippen LogP contribution < -0.4 is 5.32 Å². The number of nitrogens with one attached hydrogen (secondary N) is 1. The summed E-state index contributed by atoms with van der Waals surface area (Å²) in [5, 5.41) is 3.58. The van der Waals surface area contributed by atoms with Crippen molar-refractivity contribution in [2.75, 3.05) is 6.54 Å². The van der Waals surface area contributed by atoms with Crippen LogP contribution in [-0.4, -0.2) is 6.54 Å². The van der Waals surface area contributed by atoms with Gasteiger partial charge in [0.25, 0.3) is 0 Å². The third-order valence-corrected chi connectivity index (χ3v) is 4.47. The smallest absolute Gasteiger partial charge is 0.0209 e. The molecular formula is C13H16BrN. The molecule has 1 aliphatic heterocycles. The van der Waals surface area contributed by atoms with Crippen LogP contribution >= 0.6 is 15.9 Å². The van der Waals surface area contributed by atoms with E-state index in [4.69, 9.17) is 0 Å². The zero-order valence-electron chi connectivity index (χ0n) is 8.85. The maximum Gasteiger partial charge on any atom is 0.0209 e. The van der Waals surface area contributed by atoms with Gasteiger partial charge < -0.3 is 5.32 Å². The maximum atomic E-state index is 3.58. The number of fused-ring (bicyclic) bond motifs is 2. The fraction of sp³-hybridized carbons (Fsp3) is 0.538. The van der Waals surface area contributed by atoms with Gasteiger partial charge in [0, 0.05) is 23.0 Å². The lowest BCUT2D eigenvalue weighted by Gasteiger charge is -2.36. The Hall–Kier alpha value is -0.340. The van der Waals surface area contributed by atoms with Crippen LogP contribution in [0, 0.1) is 0 Å². The van der Waals surface area contributed by atoms with Crippen LogP contribution in [0.1, 0.15) is 36.8 Å². The summed E-state index contributed by atoms with van der Waals surface area (Å²) in [6, 6.07) is 6.82. The lowest BCUT2D eigenvalue weighted by atomic mass is 9.74. The molecule has 15 heavy (non-hydrogen) atoms. The molecule has 0 atom stereocenters. The first-order chi connectivity index (χ1) is 7.30. The van der Waals surface area contributed by atoms with E-state index in [0.29, 0.717) is 5.41 Å². The molecule has 80 valence electrons. The normalized spacial score (nSPS) is 23.0. The number of hydrogen-bond donors (Lipinski definition) is 1. The van der Waals surface area contributed by atoms with Gasteiger partial charge in [-0.15, -0.1) is 0 Å². The van der Waals surface area contributed by atoms with Crippen molar-refractivity contribution < 1.29 is 0 Å². The summed E-state index contributed by atoms with van der Waals surface area (Å²) >= 11 is 3.56. The average molecular weight is 266 g/mol. The van der Waals surface area contributed by atoms with Gasteiger partial charge >= 0.3 is 0 Å². The SMILES string of the molecule is Brc1ccc2c(c1)CNCC21CCCC1. The summed E-state index contributed by atoms with van der Waals surface area (Å²) in [4.78, 5) is 0. The summed E-state index contributed by atoms with van der Waals surface area (Å²) in [6.07, 6.45) is 5.54. The molecule has 0 bridgehead atoms. The van der Waals surface area contributed by atoms with Crippen molar-refractivity contribution in [2.24, 2.45) is 0 Å². The van der Waals surface area contributed by atoms with Crippen LogP contribution in [0.4, 0.5) is 0 Å². The molecule has 1 N–H and O–H groups in total. The highest BCUT2D eigenvalue weighted by Gasteiger charge is 2.38. The van der Waals surface area contributed by atoms with Crippen molar-refractivity contribution in [1.29, 1.82) is 0 Å². The molecule has 0 saturated heterocycles. The second-order valence-corrected chi connectivity index (χ2v) is 5.81. The second kappa shape index (κ2) is 3.60. The van der Waals surface area contributed by atoms with Crippen molar-refractivity contribution >= 4 is 15.9 Å². The number of hydrogen-bond acceptors (Lipinski definition) is 1. The molecular weight excluding hydrogens is 250 g/mol. The first-order valence-electron chi connectivity index (χ1n) is 5.80. The number of halogens is 1. The average Bonchev–Trinajstić information content (AvgIpc) is 2.67. The van der Waals surface area contributed by atoms with E-state index in [-0.39, 0.29) is 0 Å². The minimum atomic E-state index is 0.467. The van der Waals surface area contributed by atoms with Gasteiger partial charge in [-0.2, -0.15) is 0 Å². The predicted molar refractivity (Wildman–Crippen MR) is 66.0 cm³/mol. The molecule has 1 heterocycles.